The second-order valence-corrected chi connectivity index (χ2v) is 2.60. The van der Waals surface area contributed by atoms with Crippen molar-refractivity contribution in [2.45, 2.75) is 18.9 Å². The first-order chi connectivity index (χ1) is 6.75. The summed E-state index contributed by atoms with van der Waals surface area (Å²) < 4.78 is 22.7. The van der Waals surface area contributed by atoms with Crippen LogP contribution >= 0.6 is 11.6 Å². The van der Waals surface area contributed by atoms with Crippen molar-refractivity contribution >= 4 is 23.4 Å². The molecular formula is C7H11ClN2O2. The van der Waals surface area contributed by atoms with Crippen LogP contribution in [0.5, 0.6) is 0 Å². The minimum absolute atomic E-state index is 0.0952. The van der Waals surface area contributed by atoms with Gasteiger partial charge >= 0.3 is 0 Å². The van der Waals surface area contributed by atoms with Crippen LogP contribution in [0.1, 0.15) is 17.0 Å². The number of nitrogens with two attached hydrogens (primary N) is 1. The minimum Gasteiger partial charge on any atom is -0.368 e. The van der Waals surface area contributed by atoms with Gasteiger partial charge in [0.25, 0.3) is 0 Å². The summed E-state index contributed by atoms with van der Waals surface area (Å²) >= 11 is 5.30. The number of carbonyl (C=O) groups is 2. The molecule has 1 heterocycles. The molecule has 0 aromatic heterocycles. The van der Waals surface area contributed by atoms with E-state index in [-0.39, 0.29) is 12.8 Å². The van der Waals surface area contributed by atoms with Gasteiger partial charge in [0, 0.05) is 9.24 Å². The Bertz CT molecular complexity index is 313. The fraction of sp³-hybridized carbons (Fsp3) is 0.714. The van der Waals surface area contributed by atoms with E-state index in [0.29, 0.717) is 4.90 Å². The second-order valence-electron chi connectivity index (χ2n) is 2.33. The smallest absolute Gasteiger partial charge is 0.240 e. The van der Waals surface area contributed by atoms with E-state index < -0.39 is 30.2 Å². The van der Waals surface area contributed by atoms with Gasteiger partial charge in [0.1, 0.15) is 11.9 Å². The molecule has 0 radical (unpaired) electrons. The van der Waals surface area contributed by atoms with Crippen molar-refractivity contribution in [3.8, 4) is 0 Å². The van der Waals surface area contributed by atoms with E-state index in [2.05, 4.69) is 0 Å². The first kappa shape index (κ1) is 5.80. The summed E-state index contributed by atoms with van der Waals surface area (Å²) in [4.78, 5) is 23.0. The Morgan fingerprint density at radius 2 is 2.50 bits per heavy atom. The summed E-state index contributed by atoms with van der Waals surface area (Å²) in [6.45, 7) is -2.04. The number of nitrogens with zero attached hydrogens (tertiary/aromatic N) is 1. The molecule has 1 saturated heterocycles. The molecule has 1 atom stereocenters. The van der Waals surface area contributed by atoms with E-state index in [0.717, 1.165) is 0 Å². The van der Waals surface area contributed by atoms with Crippen LogP contribution in [0.2, 0.25) is 0 Å². The van der Waals surface area contributed by atoms with Crippen LogP contribution in [0.15, 0.2) is 0 Å². The largest absolute Gasteiger partial charge is 0.368 e. The second kappa shape index (κ2) is 3.76. The van der Waals surface area contributed by atoms with E-state index in [4.69, 9.17) is 21.4 Å². The van der Waals surface area contributed by atoms with E-state index >= 15 is 0 Å². The lowest BCUT2D eigenvalue weighted by atomic mass is 10.2. The van der Waals surface area contributed by atoms with Gasteiger partial charge in [-0.1, -0.05) is 0 Å². The number of hydrogen-bond donors (Lipinski definition) is 1. The van der Waals surface area contributed by atoms with E-state index in [1.807, 2.05) is 0 Å². The Kier molecular flexibility index (Phi) is 1.82. The Hall–Kier alpha value is -0.770. The van der Waals surface area contributed by atoms with Crippen LogP contribution in [-0.2, 0) is 9.59 Å². The van der Waals surface area contributed by atoms with Crippen molar-refractivity contribution in [2.24, 2.45) is 5.73 Å². The lowest BCUT2D eigenvalue weighted by Gasteiger charge is -2.20. The molecular weight excluding hydrogens is 180 g/mol. The number of hydrogen-bond acceptors (Lipinski definition) is 2. The zero-order valence-electron chi connectivity index (χ0n) is 9.34. The summed E-state index contributed by atoms with van der Waals surface area (Å²) in [5.74, 6) is -2.32. The van der Waals surface area contributed by atoms with Crippen LogP contribution in [-0.4, -0.2) is 35.1 Å². The number of carbonyl (C=O) groups excluding carboxylic acids is 2. The van der Waals surface area contributed by atoms with Crippen molar-refractivity contribution in [3.05, 3.63) is 0 Å². The number of rotatable bonds is 2. The van der Waals surface area contributed by atoms with Crippen LogP contribution in [0.25, 0.3) is 0 Å². The van der Waals surface area contributed by atoms with Gasteiger partial charge in [0.05, 0.1) is 1.37 Å². The molecule has 0 aliphatic carbocycles. The molecule has 1 aliphatic heterocycles. The predicted octanol–water partition coefficient (Wildman–Crippen LogP) is -0.298. The fourth-order valence-electron chi connectivity index (χ4n) is 1.03. The Balaban J connectivity index is 3.12. The van der Waals surface area contributed by atoms with Crippen molar-refractivity contribution < 1.29 is 13.7 Å². The summed E-state index contributed by atoms with van der Waals surface area (Å²) in [6, 6.07) is -2.02. The minimum atomic E-state index is -2.04. The number of halogens is 1. The molecule has 1 rings (SSSR count). The summed E-state index contributed by atoms with van der Waals surface area (Å²) in [7, 11) is 0. The fourth-order valence-corrected chi connectivity index (χ4v) is 1.14. The molecule has 0 bridgehead atoms. The monoisotopic (exact) mass is 193 g/mol. The van der Waals surface area contributed by atoms with Gasteiger partial charge in [-0.05, 0) is 12.8 Å². The molecule has 68 valence electrons. The molecule has 5 heteroatoms. The normalized spacial score (nSPS) is 36.8. The van der Waals surface area contributed by atoms with Gasteiger partial charge in [-0.15, -0.1) is 11.6 Å². The molecule has 0 aromatic carbocycles. The Morgan fingerprint density at radius 1 is 1.83 bits per heavy atom. The molecule has 1 fully saturated rings. The van der Waals surface area contributed by atoms with Crippen molar-refractivity contribution in [1.29, 1.82) is 0 Å². The highest BCUT2D eigenvalue weighted by atomic mass is 35.5. The predicted molar refractivity (Wildman–Crippen MR) is 44.6 cm³/mol. The maximum Gasteiger partial charge on any atom is 0.240 e. The Morgan fingerprint density at radius 3 is 3.00 bits per heavy atom. The first-order valence-corrected chi connectivity index (χ1v) is 3.98. The topological polar surface area (TPSA) is 63.4 Å². The van der Waals surface area contributed by atoms with Crippen LogP contribution < -0.4 is 5.73 Å². The molecule has 4 nitrogen and oxygen atoms in total. The quantitative estimate of drug-likeness (QED) is 0.613. The maximum atomic E-state index is 11.4. The lowest BCUT2D eigenvalue weighted by Crippen LogP contribution is -2.44. The van der Waals surface area contributed by atoms with Crippen LogP contribution in [0.4, 0.5) is 0 Å². The van der Waals surface area contributed by atoms with Crippen molar-refractivity contribution in [1.82, 2.24) is 4.90 Å². The Labute approximate surface area is 79.9 Å². The van der Waals surface area contributed by atoms with Crippen LogP contribution in [0.3, 0.4) is 0 Å². The summed E-state index contributed by atoms with van der Waals surface area (Å²) in [6.07, 6.45) is -0.208. The molecule has 0 saturated carbocycles. The lowest BCUT2D eigenvalue weighted by molar-refractivity contribution is -0.135. The van der Waals surface area contributed by atoms with E-state index in [1.165, 1.54) is 0 Å². The standard InChI is InChI=1S/C7H11ClN2O2/c8-4-6(11)10-3-1-2-5(10)7(9)12/h5H,1-4H2,(H2,9,12)/t5-/m0/s1/i3D2,5D. The average molecular weight is 194 g/mol. The van der Waals surface area contributed by atoms with Gasteiger partial charge < -0.3 is 10.6 Å². The number of alkyl halides is 1. The third-order valence-electron chi connectivity index (χ3n) is 1.55. The maximum absolute atomic E-state index is 11.4. The van der Waals surface area contributed by atoms with Gasteiger partial charge in [0.2, 0.25) is 11.8 Å². The summed E-state index contributed by atoms with van der Waals surface area (Å²) in [5.41, 5.74) is 5.01. The SMILES string of the molecule is [2H]C1([2H])CC[C@@]([2H])(C(N)=O)N1C(=O)CCl. The molecule has 0 spiro atoms. The number of likely N-dealkylation sites (tertiary alicyclic amines) is 1. The number of primary amides is 1. The highest BCUT2D eigenvalue weighted by Gasteiger charge is 2.31. The summed E-state index contributed by atoms with van der Waals surface area (Å²) in [5, 5.41) is 0. The molecule has 0 unspecified atom stereocenters. The van der Waals surface area contributed by atoms with Crippen molar-refractivity contribution in [2.75, 3.05) is 12.4 Å². The van der Waals surface area contributed by atoms with Gasteiger partial charge in [0.15, 0.2) is 0 Å². The zero-order valence-corrected chi connectivity index (χ0v) is 7.10. The van der Waals surface area contributed by atoms with Gasteiger partial charge in [-0.2, -0.15) is 0 Å². The third-order valence-corrected chi connectivity index (χ3v) is 1.78. The zero-order chi connectivity index (χ0) is 11.9. The highest BCUT2D eigenvalue weighted by Crippen LogP contribution is 2.16. The van der Waals surface area contributed by atoms with Gasteiger partial charge in [-0.25, -0.2) is 0 Å². The van der Waals surface area contributed by atoms with E-state index in [1.54, 1.807) is 0 Å². The number of amides is 2. The molecule has 2 amide bonds. The highest BCUT2D eigenvalue weighted by molar-refractivity contribution is 6.27. The molecule has 12 heavy (non-hydrogen) atoms. The first-order valence-electron chi connectivity index (χ1n) is 4.95. The van der Waals surface area contributed by atoms with Gasteiger partial charge in [-0.3, -0.25) is 9.59 Å². The molecule has 1 aliphatic rings. The molecule has 0 aromatic rings. The average Bonchev–Trinajstić information content (AvgIpc) is 2.38. The van der Waals surface area contributed by atoms with Crippen LogP contribution in [0, 0.1) is 0 Å². The molecule has 2 N–H and O–H groups in total. The van der Waals surface area contributed by atoms with Crippen molar-refractivity contribution in [3.63, 3.8) is 0 Å². The van der Waals surface area contributed by atoms with E-state index in [9.17, 15) is 9.59 Å². The third kappa shape index (κ3) is 1.69.